The summed E-state index contributed by atoms with van der Waals surface area (Å²) in [6, 6.07) is 13.6. The largest absolute Gasteiger partial charge is 0.355 e. The summed E-state index contributed by atoms with van der Waals surface area (Å²) < 4.78 is 29.1. The van der Waals surface area contributed by atoms with E-state index >= 15 is 0 Å². The van der Waals surface area contributed by atoms with E-state index in [1.54, 1.807) is 18.2 Å². The van der Waals surface area contributed by atoms with Crippen LogP contribution >= 0.6 is 0 Å². The molecule has 2 saturated heterocycles. The lowest BCUT2D eigenvalue weighted by Crippen LogP contribution is -2.46. The van der Waals surface area contributed by atoms with E-state index in [1.165, 1.54) is 16.7 Å². The van der Waals surface area contributed by atoms with Gasteiger partial charge in [0.1, 0.15) is 4.90 Å². The molecular weight excluding hydrogens is 422 g/mol. The molecule has 6 nitrogen and oxygen atoms in total. The minimum atomic E-state index is -3.66. The van der Waals surface area contributed by atoms with Crippen molar-refractivity contribution in [2.24, 2.45) is 10.3 Å². The molecule has 32 heavy (non-hydrogen) atoms. The maximum atomic E-state index is 13.6. The molecule has 2 aromatic rings. The van der Waals surface area contributed by atoms with Gasteiger partial charge in [0, 0.05) is 25.2 Å². The Morgan fingerprint density at radius 1 is 1.00 bits per heavy atom. The standard InChI is InChI=1S/C25H29N3O3S/c1-17-11-12-19(15-18(17)2)22-9-6-14-28(22)25(29)20-7-5-13-27(16-20)24-21-8-3-4-10-23(21)32(30,31)26-24/h3-4,8,10-12,15,20,22H,5-7,9,13-14,16H2,1-2H3. The summed E-state index contributed by atoms with van der Waals surface area (Å²) in [5, 5.41) is 0. The summed E-state index contributed by atoms with van der Waals surface area (Å²) in [5.74, 6) is 0.532. The monoisotopic (exact) mass is 451 g/mol. The van der Waals surface area contributed by atoms with Crippen LogP contribution in [0.4, 0.5) is 0 Å². The fraction of sp³-hybridized carbons (Fsp3) is 0.440. The number of nitrogens with zero attached hydrogens (tertiary/aromatic N) is 3. The number of benzene rings is 2. The molecule has 3 aliphatic rings. The number of sulfonamides is 1. The molecule has 2 aromatic carbocycles. The summed E-state index contributed by atoms with van der Waals surface area (Å²) >= 11 is 0. The van der Waals surface area contributed by atoms with Crippen LogP contribution in [-0.4, -0.2) is 49.6 Å². The highest BCUT2D eigenvalue weighted by Gasteiger charge is 2.38. The zero-order valence-corrected chi connectivity index (χ0v) is 19.4. The Morgan fingerprint density at radius 2 is 1.78 bits per heavy atom. The molecule has 7 heteroatoms. The van der Waals surface area contributed by atoms with E-state index in [4.69, 9.17) is 0 Å². The van der Waals surface area contributed by atoms with Crippen LogP contribution in [0.1, 0.15) is 54.0 Å². The van der Waals surface area contributed by atoms with Gasteiger partial charge in [0.2, 0.25) is 5.91 Å². The van der Waals surface area contributed by atoms with Crippen LogP contribution in [0.15, 0.2) is 51.8 Å². The first-order chi connectivity index (χ1) is 15.3. The van der Waals surface area contributed by atoms with E-state index in [0.29, 0.717) is 24.5 Å². The van der Waals surface area contributed by atoms with Crippen LogP contribution < -0.4 is 0 Å². The molecule has 2 unspecified atom stereocenters. The van der Waals surface area contributed by atoms with Crippen LogP contribution in [0.5, 0.6) is 0 Å². The van der Waals surface area contributed by atoms with E-state index < -0.39 is 10.0 Å². The molecule has 0 radical (unpaired) electrons. The van der Waals surface area contributed by atoms with Crippen molar-refractivity contribution in [3.63, 3.8) is 0 Å². The molecule has 0 aromatic heterocycles. The molecular formula is C25H29N3O3S. The first-order valence-electron chi connectivity index (χ1n) is 11.4. The molecule has 3 heterocycles. The average Bonchev–Trinajstić information content (AvgIpc) is 3.38. The van der Waals surface area contributed by atoms with Gasteiger partial charge < -0.3 is 9.80 Å². The number of fused-ring (bicyclic) bond motifs is 1. The Hall–Kier alpha value is -2.67. The Morgan fingerprint density at radius 3 is 2.59 bits per heavy atom. The van der Waals surface area contributed by atoms with Gasteiger partial charge in [-0.1, -0.05) is 30.3 Å². The molecule has 0 spiro atoms. The molecule has 2 atom stereocenters. The minimum Gasteiger partial charge on any atom is -0.355 e. The highest BCUT2D eigenvalue weighted by molar-refractivity contribution is 7.90. The summed E-state index contributed by atoms with van der Waals surface area (Å²) in [6.07, 6.45) is 3.67. The topological polar surface area (TPSA) is 70.1 Å². The van der Waals surface area contributed by atoms with Crippen molar-refractivity contribution < 1.29 is 13.2 Å². The fourth-order valence-corrected chi connectivity index (χ4v) is 6.50. The van der Waals surface area contributed by atoms with Crippen molar-refractivity contribution >= 4 is 21.8 Å². The molecule has 168 valence electrons. The first-order valence-corrected chi connectivity index (χ1v) is 12.9. The molecule has 5 rings (SSSR count). The van der Waals surface area contributed by atoms with Crippen LogP contribution in [0.3, 0.4) is 0 Å². The lowest BCUT2D eigenvalue weighted by atomic mass is 9.94. The van der Waals surface area contributed by atoms with Gasteiger partial charge in [0.15, 0.2) is 5.84 Å². The lowest BCUT2D eigenvalue weighted by Gasteiger charge is -2.36. The van der Waals surface area contributed by atoms with Gasteiger partial charge in [-0.2, -0.15) is 8.42 Å². The predicted octanol–water partition coefficient (Wildman–Crippen LogP) is 3.83. The number of amidine groups is 1. The van der Waals surface area contributed by atoms with E-state index in [1.807, 2.05) is 11.0 Å². The molecule has 2 fully saturated rings. The SMILES string of the molecule is Cc1ccc(C2CCCN2C(=O)C2CCCN(C3=NS(=O)(=O)c4ccccc43)C2)cc1C. The summed E-state index contributed by atoms with van der Waals surface area (Å²) in [5.41, 5.74) is 4.38. The van der Waals surface area contributed by atoms with Crippen LogP contribution in [-0.2, 0) is 14.8 Å². The van der Waals surface area contributed by atoms with Gasteiger partial charge in [-0.25, -0.2) is 0 Å². The summed E-state index contributed by atoms with van der Waals surface area (Å²) in [7, 11) is -3.66. The van der Waals surface area contributed by atoms with Crippen molar-refractivity contribution in [3.05, 3.63) is 64.7 Å². The quantitative estimate of drug-likeness (QED) is 0.696. The molecule has 3 aliphatic heterocycles. The fourth-order valence-electron chi connectivity index (χ4n) is 5.27. The smallest absolute Gasteiger partial charge is 0.285 e. The van der Waals surface area contributed by atoms with Crippen molar-refractivity contribution in [1.82, 2.24) is 9.80 Å². The summed E-state index contributed by atoms with van der Waals surface area (Å²) in [6.45, 7) is 6.24. The molecule has 0 saturated carbocycles. The van der Waals surface area contributed by atoms with Crippen LogP contribution in [0, 0.1) is 19.8 Å². The van der Waals surface area contributed by atoms with Gasteiger partial charge in [0.25, 0.3) is 10.0 Å². The molecule has 0 bridgehead atoms. The summed E-state index contributed by atoms with van der Waals surface area (Å²) in [4.78, 5) is 17.9. The van der Waals surface area contributed by atoms with Crippen molar-refractivity contribution in [2.75, 3.05) is 19.6 Å². The number of rotatable bonds is 2. The highest BCUT2D eigenvalue weighted by atomic mass is 32.2. The van der Waals surface area contributed by atoms with Gasteiger partial charge in [-0.05, 0) is 68.4 Å². The lowest BCUT2D eigenvalue weighted by molar-refractivity contribution is -0.137. The number of carbonyl (C=O) groups excluding carboxylic acids is 1. The second-order valence-corrected chi connectivity index (χ2v) is 10.8. The normalized spacial score (nSPS) is 24.4. The van der Waals surface area contributed by atoms with E-state index in [2.05, 4.69) is 41.3 Å². The number of piperidine rings is 1. The number of amides is 1. The third kappa shape index (κ3) is 3.62. The van der Waals surface area contributed by atoms with Crippen LogP contribution in [0.2, 0.25) is 0 Å². The Balaban J connectivity index is 1.37. The number of hydrogen-bond acceptors (Lipinski definition) is 4. The van der Waals surface area contributed by atoms with E-state index in [-0.39, 0.29) is 22.8 Å². The van der Waals surface area contributed by atoms with Gasteiger partial charge in [0.05, 0.1) is 12.0 Å². The van der Waals surface area contributed by atoms with Gasteiger partial charge in [-0.3, -0.25) is 4.79 Å². The first kappa shape index (κ1) is 21.2. The maximum absolute atomic E-state index is 13.6. The highest BCUT2D eigenvalue weighted by Crippen LogP contribution is 2.36. The van der Waals surface area contributed by atoms with E-state index in [9.17, 15) is 13.2 Å². The number of carbonyl (C=O) groups is 1. The zero-order valence-electron chi connectivity index (χ0n) is 18.6. The minimum absolute atomic E-state index is 0.127. The Kier molecular flexibility index (Phi) is 5.32. The zero-order chi connectivity index (χ0) is 22.5. The molecule has 0 aliphatic carbocycles. The maximum Gasteiger partial charge on any atom is 0.285 e. The van der Waals surface area contributed by atoms with Crippen molar-refractivity contribution in [1.29, 1.82) is 0 Å². The third-order valence-corrected chi connectivity index (χ3v) is 8.46. The average molecular weight is 452 g/mol. The number of aryl methyl sites for hydroxylation is 2. The number of hydrogen-bond donors (Lipinski definition) is 0. The van der Waals surface area contributed by atoms with Gasteiger partial charge in [-0.15, -0.1) is 4.40 Å². The van der Waals surface area contributed by atoms with E-state index in [0.717, 1.165) is 32.2 Å². The number of likely N-dealkylation sites (tertiary alicyclic amines) is 2. The van der Waals surface area contributed by atoms with Gasteiger partial charge >= 0.3 is 0 Å². The predicted molar refractivity (Wildman–Crippen MR) is 124 cm³/mol. The molecule has 0 N–H and O–H groups in total. The van der Waals surface area contributed by atoms with Crippen molar-refractivity contribution in [2.45, 2.75) is 50.5 Å². The Labute approximate surface area is 190 Å². The molecule has 1 amide bonds. The second kappa shape index (κ2) is 8.03. The van der Waals surface area contributed by atoms with Crippen molar-refractivity contribution in [3.8, 4) is 0 Å². The Bertz CT molecular complexity index is 1200. The van der Waals surface area contributed by atoms with Crippen LogP contribution in [0.25, 0.3) is 0 Å². The third-order valence-electron chi connectivity index (χ3n) is 7.13. The second-order valence-electron chi connectivity index (χ2n) is 9.20.